The van der Waals surface area contributed by atoms with E-state index in [0.29, 0.717) is 6.61 Å². The van der Waals surface area contributed by atoms with Gasteiger partial charge >= 0.3 is 0 Å². The van der Waals surface area contributed by atoms with Gasteiger partial charge in [0.25, 0.3) is 0 Å². The molecule has 0 radical (unpaired) electrons. The lowest BCUT2D eigenvalue weighted by atomic mass is 9.92. The van der Waals surface area contributed by atoms with Gasteiger partial charge in [-0.25, -0.2) is 0 Å². The number of amides is 1. The lowest BCUT2D eigenvalue weighted by Gasteiger charge is -2.32. The van der Waals surface area contributed by atoms with E-state index >= 15 is 0 Å². The molecule has 0 N–H and O–H groups in total. The summed E-state index contributed by atoms with van der Waals surface area (Å²) in [4.78, 5) is 18.9. The Morgan fingerprint density at radius 3 is 2.95 bits per heavy atom. The Bertz CT molecular complexity index is 434. The van der Waals surface area contributed by atoms with Crippen LogP contribution < -0.4 is 4.90 Å². The average Bonchev–Trinajstić information content (AvgIpc) is 2.53. The van der Waals surface area contributed by atoms with Gasteiger partial charge in [0, 0.05) is 25.3 Å². The fourth-order valence-electron chi connectivity index (χ4n) is 2.95. The van der Waals surface area contributed by atoms with Crippen LogP contribution in [0.25, 0.3) is 0 Å². The molecule has 4 heteroatoms. The summed E-state index contributed by atoms with van der Waals surface area (Å²) >= 11 is 0. The lowest BCUT2D eigenvalue weighted by Crippen LogP contribution is -2.41. The summed E-state index contributed by atoms with van der Waals surface area (Å²) in [7, 11) is 0. The van der Waals surface area contributed by atoms with E-state index in [4.69, 9.17) is 4.74 Å². The quantitative estimate of drug-likeness (QED) is 0.806. The highest BCUT2D eigenvalue weighted by Gasteiger charge is 2.30. The van der Waals surface area contributed by atoms with Gasteiger partial charge < -0.3 is 9.64 Å². The van der Waals surface area contributed by atoms with Crippen molar-refractivity contribution in [2.45, 2.75) is 52.1 Å². The van der Waals surface area contributed by atoms with E-state index < -0.39 is 0 Å². The summed E-state index contributed by atoms with van der Waals surface area (Å²) in [6.07, 6.45) is 8.54. The van der Waals surface area contributed by atoms with Crippen LogP contribution in [0.5, 0.6) is 0 Å². The molecule has 0 aromatic carbocycles. The normalized spacial score (nSPS) is 22.0. The van der Waals surface area contributed by atoms with E-state index in [1.54, 1.807) is 12.4 Å². The van der Waals surface area contributed by atoms with Crippen molar-refractivity contribution >= 4 is 11.6 Å². The van der Waals surface area contributed by atoms with Crippen LogP contribution in [0, 0.1) is 5.92 Å². The Kier molecular flexibility index (Phi) is 6.18. The monoisotopic (exact) mass is 290 g/mol. The second-order valence-corrected chi connectivity index (χ2v) is 5.70. The van der Waals surface area contributed by atoms with Gasteiger partial charge in [-0.3, -0.25) is 9.78 Å². The molecule has 2 heterocycles. The van der Waals surface area contributed by atoms with E-state index in [2.05, 4.69) is 18.8 Å². The smallest absolute Gasteiger partial charge is 0.230 e. The van der Waals surface area contributed by atoms with Crippen LogP contribution in [0.2, 0.25) is 0 Å². The Hall–Kier alpha value is -1.42. The van der Waals surface area contributed by atoms with E-state index in [1.807, 2.05) is 17.0 Å². The zero-order chi connectivity index (χ0) is 15.1. The molecule has 1 saturated heterocycles. The number of nitrogens with zero attached hydrogens (tertiary/aromatic N) is 2. The maximum Gasteiger partial charge on any atom is 0.230 e. The second-order valence-electron chi connectivity index (χ2n) is 5.70. The number of rotatable bonds is 6. The van der Waals surface area contributed by atoms with Crippen LogP contribution in [0.15, 0.2) is 24.5 Å². The number of carbonyl (C=O) groups is 1. The first-order valence-electron chi connectivity index (χ1n) is 8.09. The van der Waals surface area contributed by atoms with Crippen molar-refractivity contribution in [1.29, 1.82) is 0 Å². The largest absolute Gasteiger partial charge is 0.378 e. The molecule has 1 fully saturated rings. The molecule has 0 bridgehead atoms. The molecule has 1 aromatic rings. The van der Waals surface area contributed by atoms with E-state index in [0.717, 1.165) is 44.3 Å². The van der Waals surface area contributed by atoms with E-state index in [9.17, 15) is 4.79 Å². The average molecular weight is 290 g/mol. The Morgan fingerprint density at radius 2 is 2.29 bits per heavy atom. The van der Waals surface area contributed by atoms with Crippen molar-refractivity contribution in [3.05, 3.63) is 24.5 Å². The topological polar surface area (TPSA) is 42.4 Å². The number of hydrogen-bond donors (Lipinski definition) is 0. The summed E-state index contributed by atoms with van der Waals surface area (Å²) in [5.41, 5.74) is 0.905. The fraction of sp³-hybridized carbons (Fsp3) is 0.647. The standard InChI is InChI=1S/C17H26N2O2/c1-3-6-16-12-14(8-11-21-16)17(20)19(10-4-2)15-7-5-9-18-13-15/h5,7,9,13-14,16H,3-4,6,8,10-12H2,1-2H3/t14-,16-/m0/s1. The van der Waals surface area contributed by atoms with Crippen molar-refractivity contribution in [3.63, 3.8) is 0 Å². The van der Waals surface area contributed by atoms with E-state index in [-0.39, 0.29) is 17.9 Å². The van der Waals surface area contributed by atoms with Crippen LogP contribution in [0.3, 0.4) is 0 Å². The van der Waals surface area contributed by atoms with Crippen LogP contribution in [-0.2, 0) is 9.53 Å². The lowest BCUT2D eigenvalue weighted by molar-refractivity contribution is -0.127. The summed E-state index contributed by atoms with van der Waals surface area (Å²) in [5.74, 6) is 0.316. The predicted octanol–water partition coefficient (Wildman–Crippen LogP) is 3.42. The van der Waals surface area contributed by atoms with Crippen LogP contribution in [-0.4, -0.2) is 30.1 Å². The summed E-state index contributed by atoms with van der Waals surface area (Å²) in [6, 6.07) is 3.85. The van der Waals surface area contributed by atoms with Crippen LogP contribution >= 0.6 is 0 Å². The third kappa shape index (κ3) is 4.27. The van der Waals surface area contributed by atoms with Crippen LogP contribution in [0.1, 0.15) is 46.0 Å². The highest BCUT2D eigenvalue weighted by Crippen LogP contribution is 2.27. The van der Waals surface area contributed by atoms with Gasteiger partial charge in [-0.05, 0) is 37.8 Å². The minimum atomic E-state index is 0.0852. The molecule has 2 atom stereocenters. The third-order valence-corrected chi connectivity index (χ3v) is 4.00. The molecular weight excluding hydrogens is 264 g/mol. The molecule has 0 saturated carbocycles. The maximum atomic E-state index is 12.9. The van der Waals surface area contributed by atoms with Gasteiger partial charge in [0.15, 0.2) is 0 Å². The van der Waals surface area contributed by atoms with E-state index in [1.165, 1.54) is 0 Å². The first kappa shape index (κ1) is 16.0. The van der Waals surface area contributed by atoms with Crippen molar-refractivity contribution in [3.8, 4) is 0 Å². The SMILES string of the molecule is CCC[C@H]1C[C@@H](C(=O)N(CCC)c2cccnc2)CCO1. The second kappa shape index (κ2) is 8.13. The summed E-state index contributed by atoms with van der Waals surface area (Å²) < 4.78 is 5.76. The Morgan fingerprint density at radius 1 is 1.43 bits per heavy atom. The van der Waals surface area contributed by atoms with Crippen molar-refractivity contribution in [1.82, 2.24) is 4.98 Å². The first-order chi connectivity index (χ1) is 10.3. The van der Waals surface area contributed by atoms with Crippen molar-refractivity contribution in [2.24, 2.45) is 5.92 Å². The molecule has 4 nitrogen and oxygen atoms in total. The Balaban J connectivity index is 2.07. The van der Waals surface area contributed by atoms with Gasteiger partial charge in [0.05, 0.1) is 18.0 Å². The molecule has 21 heavy (non-hydrogen) atoms. The molecule has 0 unspecified atom stereocenters. The zero-order valence-corrected chi connectivity index (χ0v) is 13.1. The van der Waals surface area contributed by atoms with Gasteiger partial charge in [-0.15, -0.1) is 0 Å². The highest BCUT2D eigenvalue weighted by molar-refractivity contribution is 5.94. The first-order valence-corrected chi connectivity index (χ1v) is 8.09. The number of hydrogen-bond acceptors (Lipinski definition) is 3. The molecule has 1 amide bonds. The molecule has 0 spiro atoms. The zero-order valence-electron chi connectivity index (χ0n) is 13.1. The van der Waals surface area contributed by atoms with Crippen molar-refractivity contribution in [2.75, 3.05) is 18.1 Å². The third-order valence-electron chi connectivity index (χ3n) is 4.00. The van der Waals surface area contributed by atoms with Gasteiger partial charge in [-0.1, -0.05) is 20.3 Å². The van der Waals surface area contributed by atoms with Gasteiger partial charge in [-0.2, -0.15) is 0 Å². The number of anilines is 1. The molecule has 0 aliphatic carbocycles. The highest BCUT2D eigenvalue weighted by atomic mass is 16.5. The molecular formula is C17H26N2O2. The van der Waals surface area contributed by atoms with Gasteiger partial charge in [0.1, 0.15) is 0 Å². The van der Waals surface area contributed by atoms with Crippen LogP contribution in [0.4, 0.5) is 5.69 Å². The fourth-order valence-corrected chi connectivity index (χ4v) is 2.95. The number of ether oxygens (including phenoxy) is 1. The maximum absolute atomic E-state index is 12.9. The molecule has 116 valence electrons. The minimum absolute atomic E-state index is 0.0852. The number of pyridine rings is 1. The summed E-state index contributed by atoms with van der Waals surface area (Å²) in [6.45, 7) is 5.71. The molecule has 1 aromatic heterocycles. The molecule has 1 aliphatic rings. The number of carbonyl (C=O) groups excluding carboxylic acids is 1. The minimum Gasteiger partial charge on any atom is -0.378 e. The summed E-state index contributed by atoms with van der Waals surface area (Å²) in [5, 5.41) is 0. The predicted molar refractivity (Wildman–Crippen MR) is 84.3 cm³/mol. The molecule has 2 rings (SSSR count). The van der Waals surface area contributed by atoms with Crippen molar-refractivity contribution < 1.29 is 9.53 Å². The number of aromatic nitrogens is 1. The molecule has 1 aliphatic heterocycles. The Labute approximate surface area is 127 Å². The van der Waals surface area contributed by atoms with Gasteiger partial charge in [0.2, 0.25) is 5.91 Å².